The van der Waals surface area contributed by atoms with E-state index in [1.165, 1.54) is 17.2 Å². The molecule has 3 rings (SSSR count). The normalized spacial score (nSPS) is 28.5. The van der Waals surface area contributed by atoms with Crippen molar-refractivity contribution in [1.82, 2.24) is 19.5 Å². The van der Waals surface area contributed by atoms with Crippen molar-refractivity contribution in [1.29, 1.82) is 0 Å². The molecule has 0 amide bonds. The summed E-state index contributed by atoms with van der Waals surface area (Å²) in [4.78, 5) is 11.9. The van der Waals surface area contributed by atoms with Gasteiger partial charge in [0.15, 0.2) is 17.7 Å². The number of hydrogen-bond donors (Lipinski definition) is 5. The molecular weight excluding hydrogens is 329 g/mol. The summed E-state index contributed by atoms with van der Waals surface area (Å²) in [7, 11) is -3.72. The Labute approximate surface area is 129 Å². The average molecular weight is 345 g/mol. The minimum atomic E-state index is -3.72. The molecule has 1 saturated heterocycles. The molecule has 2 aromatic rings. The van der Waals surface area contributed by atoms with Crippen LogP contribution in [0.1, 0.15) is 6.23 Å². The van der Waals surface area contributed by atoms with Crippen LogP contribution in [0.3, 0.4) is 0 Å². The standard InChI is InChI=1S/C10H16N7O5P/c11-8-5-9(15-2-14-8)17(3-16-5)10-7(19)6(18)4(22-10)1-21-23(12,13)20/h2-4,6-7,10,18-19H,1H2,(H2,11,14,15)(H4,12,13,20). The zero-order chi connectivity index (χ0) is 16.8. The van der Waals surface area contributed by atoms with Crippen LogP contribution in [-0.2, 0) is 13.8 Å². The van der Waals surface area contributed by atoms with E-state index in [-0.39, 0.29) is 12.4 Å². The van der Waals surface area contributed by atoms with Gasteiger partial charge in [0, 0.05) is 0 Å². The molecule has 8 N–H and O–H groups in total. The summed E-state index contributed by atoms with van der Waals surface area (Å²) < 4.78 is 22.9. The average Bonchev–Trinajstić information content (AvgIpc) is 3.01. The van der Waals surface area contributed by atoms with Gasteiger partial charge in [-0.15, -0.1) is 0 Å². The van der Waals surface area contributed by atoms with Crippen LogP contribution in [-0.4, -0.2) is 54.7 Å². The molecule has 3 heterocycles. The molecule has 0 aromatic carbocycles. The van der Waals surface area contributed by atoms with Crippen LogP contribution in [0.2, 0.25) is 0 Å². The minimum absolute atomic E-state index is 0.175. The number of anilines is 1. The molecule has 4 atom stereocenters. The lowest BCUT2D eigenvalue weighted by molar-refractivity contribution is -0.0472. The Hall–Kier alpha value is -1.66. The third kappa shape index (κ3) is 3.05. The summed E-state index contributed by atoms with van der Waals surface area (Å²) in [6, 6.07) is 0. The second-order valence-electron chi connectivity index (χ2n) is 5.07. The van der Waals surface area contributed by atoms with Gasteiger partial charge in [0.05, 0.1) is 12.9 Å². The van der Waals surface area contributed by atoms with Crippen LogP contribution in [0.15, 0.2) is 12.7 Å². The topological polar surface area (TPSA) is 198 Å². The highest BCUT2D eigenvalue weighted by Crippen LogP contribution is 2.34. The second kappa shape index (κ2) is 5.76. The smallest absolute Gasteiger partial charge is 0.335 e. The minimum Gasteiger partial charge on any atom is -0.387 e. The van der Waals surface area contributed by atoms with Gasteiger partial charge in [-0.05, 0) is 0 Å². The summed E-state index contributed by atoms with van der Waals surface area (Å²) in [5, 5.41) is 20.2. The maximum atomic E-state index is 11.2. The van der Waals surface area contributed by atoms with Crippen LogP contribution >= 0.6 is 7.67 Å². The van der Waals surface area contributed by atoms with Crippen LogP contribution in [0.25, 0.3) is 11.2 Å². The maximum absolute atomic E-state index is 11.2. The molecule has 13 heteroatoms. The lowest BCUT2D eigenvalue weighted by Crippen LogP contribution is -2.34. The largest absolute Gasteiger partial charge is 0.387 e. The highest BCUT2D eigenvalue weighted by atomic mass is 31.2. The number of aromatic nitrogens is 4. The number of nitrogen functional groups attached to an aromatic ring is 1. The van der Waals surface area contributed by atoms with Gasteiger partial charge in [0.25, 0.3) is 0 Å². The van der Waals surface area contributed by atoms with Crippen molar-refractivity contribution >= 4 is 24.7 Å². The Morgan fingerprint density at radius 2 is 2.04 bits per heavy atom. The summed E-state index contributed by atoms with van der Waals surface area (Å²) in [6.07, 6.45) is -1.97. The van der Waals surface area contributed by atoms with Crippen LogP contribution in [0.4, 0.5) is 5.82 Å². The van der Waals surface area contributed by atoms with Gasteiger partial charge in [-0.25, -0.2) is 26.0 Å². The van der Waals surface area contributed by atoms with Crippen LogP contribution in [0.5, 0.6) is 0 Å². The number of aliphatic hydroxyl groups excluding tert-OH is 2. The number of nitrogens with zero attached hydrogens (tertiary/aromatic N) is 4. The fourth-order valence-electron chi connectivity index (χ4n) is 2.34. The lowest BCUT2D eigenvalue weighted by atomic mass is 10.1. The molecule has 2 aromatic heterocycles. The Morgan fingerprint density at radius 3 is 2.74 bits per heavy atom. The van der Waals surface area contributed by atoms with Gasteiger partial charge < -0.3 is 25.2 Å². The van der Waals surface area contributed by atoms with Crippen molar-refractivity contribution in [3.8, 4) is 0 Å². The van der Waals surface area contributed by atoms with Crippen molar-refractivity contribution in [2.24, 2.45) is 11.0 Å². The van der Waals surface area contributed by atoms with E-state index in [0.29, 0.717) is 11.2 Å². The van der Waals surface area contributed by atoms with Gasteiger partial charge in [-0.1, -0.05) is 0 Å². The predicted octanol–water partition coefficient (Wildman–Crippen LogP) is -1.93. The van der Waals surface area contributed by atoms with E-state index in [0.717, 1.165) is 0 Å². The van der Waals surface area contributed by atoms with E-state index < -0.39 is 32.2 Å². The second-order valence-corrected chi connectivity index (χ2v) is 6.62. The van der Waals surface area contributed by atoms with E-state index in [1.807, 2.05) is 0 Å². The first kappa shape index (κ1) is 16.2. The highest BCUT2D eigenvalue weighted by molar-refractivity contribution is 7.53. The maximum Gasteiger partial charge on any atom is 0.335 e. The molecule has 0 bridgehead atoms. The number of fused-ring (bicyclic) bond motifs is 1. The molecule has 0 saturated carbocycles. The Bertz CT molecular complexity index is 763. The van der Waals surface area contributed by atoms with E-state index in [2.05, 4.69) is 15.0 Å². The molecule has 0 spiro atoms. The Morgan fingerprint density at radius 1 is 1.30 bits per heavy atom. The van der Waals surface area contributed by atoms with Crippen molar-refractivity contribution in [2.45, 2.75) is 24.5 Å². The molecule has 126 valence electrons. The zero-order valence-corrected chi connectivity index (χ0v) is 12.7. The first-order valence-corrected chi connectivity index (χ1v) is 8.30. The van der Waals surface area contributed by atoms with Crippen molar-refractivity contribution in [2.75, 3.05) is 12.3 Å². The van der Waals surface area contributed by atoms with Gasteiger partial charge in [-0.2, -0.15) is 0 Å². The number of aliphatic hydroxyl groups is 2. The van der Waals surface area contributed by atoms with Gasteiger partial charge in [-0.3, -0.25) is 9.13 Å². The molecule has 0 aliphatic carbocycles. The highest BCUT2D eigenvalue weighted by Gasteiger charge is 2.44. The molecule has 4 unspecified atom stereocenters. The summed E-state index contributed by atoms with van der Waals surface area (Å²) in [5.41, 5.74) is 16.5. The van der Waals surface area contributed by atoms with E-state index in [1.54, 1.807) is 0 Å². The van der Waals surface area contributed by atoms with Crippen molar-refractivity contribution in [3.63, 3.8) is 0 Å². The Kier molecular flexibility index (Phi) is 4.06. The number of ether oxygens (including phenoxy) is 1. The van der Waals surface area contributed by atoms with Gasteiger partial charge in [0.2, 0.25) is 0 Å². The molecule has 1 fully saturated rings. The number of rotatable bonds is 4. The first-order chi connectivity index (χ1) is 10.8. The third-order valence-corrected chi connectivity index (χ3v) is 3.99. The summed E-state index contributed by atoms with van der Waals surface area (Å²) >= 11 is 0. The van der Waals surface area contributed by atoms with E-state index >= 15 is 0 Å². The predicted molar refractivity (Wildman–Crippen MR) is 77.6 cm³/mol. The van der Waals surface area contributed by atoms with Crippen molar-refractivity contribution < 1.29 is 24.0 Å². The molecule has 0 radical (unpaired) electrons. The Balaban J connectivity index is 1.85. The molecule has 23 heavy (non-hydrogen) atoms. The van der Waals surface area contributed by atoms with Crippen LogP contribution < -0.4 is 16.7 Å². The van der Waals surface area contributed by atoms with Gasteiger partial charge >= 0.3 is 7.67 Å². The molecule has 1 aliphatic heterocycles. The summed E-state index contributed by atoms with van der Waals surface area (Å²) in [5.74, 6) is 0.175. The third-order valence-electron chi connectivity index (χ3n) is 3.44. The van der Waals surface area contributed by atoms with E-state index in [4.69, 9.17) is 26.0 Å². The first-order valence-electron chi connectivity index (χ1n) is 6.54. The van der Waals surface area contributed by atoms with Crippen LogP contribution in [0, 0.1) is 0 Å². The fraction of sp³-hybridized carbons (Fsp3) is 0.500. The fourth-order valence-corrected chi connectivity index (χ4v) is 2.72. The summed E-state index contributed by atoms with van der Waals surface area (Å²) in [6.45, 7) is -0.344. The SMILES string of the molecule is Nc1ncnc2c1ncn2C1OC(COP(N)(N)=O)C(O)C1O. The van der Waals surface area contributed by atoms with E-state index in [9.17, 15) is 14.8 Å². The number of imidazole rings is 1. The quantitative estimate of drug-likeness (QED) is 0.387. The molecule has 1 aliphatic rings. The number of nitrogens with two attached hydrogens (primary N) is 3. The zero-order valence-electron chi connectivity index (χ0n) is 11.8. The monoisotopic (exact) mass is 345 g/mol. The molecule has 12 nitrogen and oxygen atoms in total. The lowest BCUT2D eigenvalue weighted by Gasteiger charge is -2.16. The van der Waals surface area contributed by atoms with Crippen molar-refractivity contribution in [3.05, 3.63) is 12.7 Å². The van der Waals surface area contributed by atoms with Gasteiger partial charge in [0.1, 0.15) is 30.2 Å². The molecular formula is C10H16N7O5P. The number of hydrogen-bond acceptors (Lipinski definition) is 9.